The smallest absolute Gasteiger partial charge is 0.335 e. The number of urea groups is 1. The van der Waals surface area contributed by atoms with Gasteiger partial charge in [-0.2, -0.15) is 0 Å². The number of fused-ring (bicyclic) bond motifs is 2. The van der Waals surface area contributed by atoms with Gasteiger partial charge in [-0.05, 0) is 17.7 Å². The van der Waals surface area contributed by atoms with Crippen LogP contribution in [0.3, 0.4) is 0 Å². The van der Waals surface area contributed by atoms with Gasteiger partial charge in [-0.1, -0.05) is 36.4 Å². The standard InChI is InChI=1S/C21H22N2O8/c22-21(29)23-12-7-3-1-5-10(12)9-14(11-6-2-4-8-13(11)23)30-20-17(26)15(24)16(25)18(31-20)19(27)28/h1-8,14-18,20,24-26H,9H2,(H2,22,29)(H,27,28)/t14-,15-,16-,17+,18-,20+/m0/s1. The van der Waals surface area contributed by atoms with Crippen LogP contribution < -0.4 is 10.6 Å². The minimum Gasteiger partial charge on any atom is -0.479 e. The second-order valence-corrected chi connectivity index (χ2v) is 7.43. The van der Waals surface area contributed by atoms with E-state index in [0.29, 0.717) is 16.9 Å². The van der Waals surface area contributed by atoms with Gasteiger partial charge < -0.3 is 35.6 Å². The van der Waals surface area contributed by atoms with Gasteiger partial charge in [0.15, 0.2) is 12.4 Å². The minimum atomic E-state index is -1.82. The predicted octanol–water partition coefficient (Wildman–Crippen LogP) is 0.409. The average Bonchev–Trinajstić information content (AvgIpc) is 2.88. The van der Waals surface area contributed by atoms with E-state index in [-0.39, 0.29) is 6.42 Å². The van der Waals surface area contributed by atoms with E-state index in [0.717, 1.165) is 5.56 Å². The number of rotatable bonds is 3. The summed E-state index contributed by atoms with van der Waals surface area (Å²) in [6.07, 6.45) is -9.14. The van der Waals surface area contributed by atoms with Gasteiger partial charge >= 0.3 is 12.0 Å². The number of carbonyl (C=O) groups excluding carboxylic acids is 1. The normalized spacial score (nSPS) is 30.1. The Labute approximate surface area is 177 Å². The molecule has 10 heteroatoms. The van der Waals surface area contributed by atoms with Crippen LogP contribution in [-0.4, -0.2) is 63.1 Å². The van der Waals surface area contributed by atoms with Gasteiger partial charge in [0.25, 0.3) is 0 Å². The van der Waals surface area contributed by atoms with Gasteiger partial charge in [0.1, 0.15) is 18.3 Å². The molecule has 2 heterocycles. The molecule has 0 bridgehead atoms. The number of benzene rings is 2. The highest BCUT2D eigenvalue weighted by molar-refractivity contribution is 6.00. The number of amides is 2. The van der Waals surface area contributed by atoms with Crippen molar-refractivity contribution in [2.45, 2.75) is 43.2 Å². The number of para-hydroxylation sites is 2. The summed E-state index contributed by atoms with van der Waals surface area (Å²) >= 11 is 0. The molecule has 2 aliphatic rings. The van der Waals surface area contributed by atoms with E-state index in [2.05, 4.69) is 0 Å². The highest BCUT2D eigenvalue weighted by Crippen LogP contribution is 2.42. The Kier molecular flexibility index (Phi) is 5.65. The van der Waals surface area contributed by atoms with Crippen LogP contribution in [0.2, 0.25) is 0 Å². The van der Waals surface area contributed by atoms with E-state index in [1.54, 1.807) is 48.5 Å². The third-order valence-corrected chi connectivity index (χ3v) is 5.49. The molecule has 0 unspecified atom stereocenters. The van der Waals surface area contributed by atoms with Gasteiger partial charge in [0, 0.05) is 12.0 Å². The number of aliphatic carboxylic acids is 1. The van der Waals surface area contributed by atoms with Crippen LogP contribution in [0.4, 0.5) is 16.2 Å². The number of aliphatic hydroxyl groups excluding tert-OH is 3. The summed E-state index contributed by atoms with van der Waals surface area (Å²) in [5.74, 6) is -1.50. The number of nitrogens with two attached hydrogens (primary N) is 1. The number of carboxylic acid groups (broad SMARTS) is 1. The van der Waals surface area contributed by atoms with Crippen LogP contribution in [0.25, 0.3) is 0 Å². The van der Waals surface area contributed by atoms with Crippen molar-refractivity contribution >= 4 is 23.4 Å². The SMILES string of the molecule is NC(=O)N1c2ccccc2C[C@H](O[C@@H]2O[C@H](C(=O)O)[C@@H](O)[C@H](O)[C@H]2O)c2ccccc21. The maximum absolute atomic E-state index is 12.3. The van der Waals surface area contributed by atoms with Crippen LogP contribution in [0, 0.1) is 0 Å². The lowest BCUT2D eigenvalue weighted by atomic mass is 9.98. The molecule has 10 nitrogen and oxygen atoms in total. The number of carboxylic acids is 1. The molecule has 2 amide bonds. The first-order chi connectivity index (χ1) is 14.8. The van der Waals surface area contributed by atoms with Gasteiger partial charge in [-0.25, -0.2) is 9.59 Å². The van der Waals surface area contributed by atoms with E-state index in [1.165, 1.54) is 4.90 Å². The number of primary amides is 1. The highest BCUT2D eigenvalue weighted by Gasteiger charge is 2.48. The second kappa shape index (κ2) is 8.25. The molecule has 164 valence electrons. The first kappa shape index (κ1) is 21.2. The molecule has 2 aliphatic heterocycles. The number of hydrogen-bond acceptors (Lipinski definition) is 7. The van der Waals surface area contributed by atoms with Gasteiger partial charge in [0.05, 0.1) is 17.5 Å². The quantitative estimate of drug-likeness (QED) is 0.467. The number of nitrogens with zero attached hydrogens (tertiary/aromatic N) is 1. The lowest BCUT2D eigenvalue weighted by Gasteiger charge is -2.39. The van der Waals surface area contributed by atoms with Crippen molar-refractivity contribution in [1.29, 1.82) is 0 Å². The molecule has 6 N–H and O–H groups in total. The van der Waals surface area contributed by atoms with Crippen LogP contribution in [0.5, 0.6) is 0 Å². The second-order valence-electron chi connectivity index (χ2n) is 7.43. The zero-order chi connectivity index (χ0) is 22.3. The van der Waals surface area contributed by atoms with Crippen LogP contribution in [0.1, 0.15) is 17.2 Å². The summed E-state index contributed by atoms with van der Waals surface area (Å²) in [4.78, 5) is 25.0. The molecule has 0 saturated carbocycles. The number of hydrogen-bond donors (Lipinski definition) is 5. The number of aliphatic hydroxyl groups is 3. The first-order valence-electron chi connectivity index (χ1n) is 9.64. The maximum Gasteiger partial charge on any atom is 0.335 e. The first-order valence-corrected chi connectivity index (χ1v) is 9.64. The molecule has 31 heavy (non-hydrogen) atoms. The third kappa shape index (κ3) is 3.75. The van der Waals surface area contributed by atoms with Crippen LogP contribution in [-0.2, 0) is 20.7 Å². The van der Waals surface area contributed by atoms with Crippen molar-refractivity contribution < 1.29 is 39.5 Å². The zero-order valence-electron chi connectivity index (χ0n) is 16.2. The number of carbonyl (C=O) groups is 2. The summed E-state index contributed by atoms with van der Waals surface area (Å²) in [5.41, 5.74) is 7.97. The molecule has 4 rings (SSSR count). The fourth-order valence-electron chi connectivity index (χ4n) is 3.99. The Morgan fingerprint density at radius 3 is 2.29 bits per heavy atom. The zero-order valence-corrected chi connectivity index (χ0v) is 16.2. The van der Waals surface area contributed by atoms with Crippen LogP contribution >= 0.6 is 0 Å². The van der Waals surface area contributed by atoms with E-state index in [1.807, 2.05) is 0 Å². The molecule has 1 fully saturated rings. The van der Waals surface area contributed by atoms with Crippen molar-refractivity contribution in [2.75, 3.05) is 4.90 Å². The summed E-state index contributed by atoms with van der Waals surface area (Å²) in [7, 11) is 0. The lowest BCUT2D eigenvalue weighted by Crippen LogP contribution is -2.60. The Bertz CT molecular complexity index is 999. The summed E-state index contributed by atoms with van der Waals surface area (Å²) < 4.78 is 11.2. The Morgan fingerprint density at radius 1 is 0.968 bits per heavy atom. The fraction of sp³-hybridized carbons (Fsp3) is 0.333. The van der Waals surface area contributed by atoms with Crippen molar-refractivity contribution in [3.05, 3.63) is 59.7 Å². The van der Waals surface area contributed by atoms with Crippen molar-refractivity contribution in [2.24, 2.45) is 5.73 Å². The third-order valence-electron chi connectivity index (χ3n) is 5.49. The summed E-state index contributed by atoms with van der Waals surface area (Å²) in [6, 6.07) is 13.3. The maximum atomic E-state index is 12.3. The monoisotopic (exact) mass is 430 g/mol. The van der Waals surface area contributed by atoms with Crippen LogP contribution in [0.15, 0.2) is 48.5 Å². The molecule has 6 atom stereocenters. The van der Waals surface area contributed by atoms with Crippen molar-refractivity contribution in [1.82, 2.24) is 0 Å². The molecule has 0 aliphatic carbocycles. The minimum absolute atomic E-state index is 0.250. The van der Waals surface area contributed by atoms with E-state index >= 15 is 0 Å². The largest absolute Gasteiger partial charge is 0.479 e. The van der Waals surface area contributed by atoms with Gasteiger partial charge in [-0.15, -0.1) is 0 Å². The molecule has 2 aromatic carbocycles. The Morgan fingerprint density at radius 2 is 1.61 bits per heavy atom. The average molecular weight is 430 g/mol. The van der Waals surface area contributed by atoms with E-state index < -0.39 is 48.8 Å². The topological polar surface area (TPSA) is 163 Å². The molecule has 0 radical (unpaired) electrons. The molecule has 0 aromatic heterocycles. The number of anilines is 2. The lowest BCUT2D eigenvalue weighted by molar-refractivity contribution is -0.305. The molecular weight excluding hydrogens is 408 g/mol. The highest BCUT2D eigenvalue weighted by atomic mass is 16.7. The van der Waals surface area contributed by atoms with E-state index in [9.17, 15) is 30.0 Å². The molecule has 0 spiro atoms. The van der Waals surface area contributed by atoms with Gasteiger partial charge in [-0.3, -0.25) is 4.90 Å². The Balaban J connectivity index is 1.74. The molecular formula is C21H22N2O8. The fourth-order valence-corrected chi connectivity index (χ4v) is 3.99. The number of ether oxygens (including phenoxy) is 2. The van der Waals surface area contributed by atoms with Gasteiger partial charge in [0.2, 0.25) is 0 Å². The summed E-state index contributed by atoms with van der Waals surface area (Å²) in [5, 5.41) is 39.6. The summed E-state index contributed by atoms with van der Waals surface area (Å²) in [6.45, 7) is 0. The predicted molar refractivity (Wildman–Crippen MR) is 106 cm³/mol. The van der Waals surface area contributed by atoms with Crippen molar-refractivity contribution in [3.8, 4) is 0 Å². The molecule has 1 saturated heterocycles. The Hall–Kier alpha value is -3.02. The van der Waals surface area contributed by atoms with Crippen molar-refractivity contribution in [3.63, 3.8) is 0 Å². The molecule has 2 aromatic rings. The van der Waals surface area contributed by atoms with E-state index in [4.69, 9.17) is 15.2 Å².